The quantitative estimate of drug-likeness (QED) is 0.289. The Morgan fingerprint density at radius 3 is 2.55 bits per heavy atom. The third-order valence-electron chi connectivity index (χ3n) is 7.14. The van der Waals surface area contributed by atoms with Crippen LogP contribution in [0.4, 0.5) is 0 Å². The highest BCUT2D eigenvalue weighted by molar-refractivity contribution is 6.67. The summed E-state index contributed by atoms with van der Waals surface area (Å²) >= 11 is 0. The Morgan fingerprint density at radius 1 is 1.15 bits per heavy atom. The van der Waals surface area contributed by atoms with Crippen molar-refractivity contribution in [1.29, 1.82) is 0 Å². The molecule has 2 aromatic rings. The third kappa shape index (κ3) is 6.36. The van der Waals surface area contributed by atoms with Gasteiger partial charge in [0, 0.05) is 24.2 Å². The van der Waals surface area contributed by atoms with Crippen molar-refractivity contribution in [2.45, 2.75) is 63.4 Å². The van der Waals surface area contributed by atoms with Gasteiger partial charge >= 0.3 is 12.7 Å². The van der Waals surface area contributed by atoms with Gasteiger partial charge in [0.25, 0.3) is 11.9 Å². The van der Waals surface area contributed by atoms with Crippen molar-refractivity contribution in [3.05, 3.63) is 60.2 Å². The zero-order valence-corrected chi connectivity index (χ0v) is 22.7. The molecule has 1 unspecified atom stereocenters. The van der Waals surface area contributed by atoms with Crippen molar-refractivity contribution in [3.63, 3.8) is 0 Å². The number of nitrogens with zero attached hydrogens (tertiary/aromatic N) is 2. The molecule has 1 aromatic heterocycles. The molecule has 3 N–H and O–H groups in total. The minimum atomic E-state index is -2.91. The molecule has 0 saturated carbocycles. The summed E-state index contributed by atoms with van der Waals surface area (Å²) in [5.41, 5.74) is -0.901. The molecule has 1 aromatic carbocycles. The number of fused-ring (bicyclic) bond motifs is 2. The molecule has 40 heavy (non-hydrogen) atoms. The summed E-state index contributed by atoms with van der Waals surface area (Å²) in [5, 5.41) is 5.20. The highest BCUT2D eigenvalue weighted by Crippen LogP contribution is 2.47. The van der Waals surface area contributed by atoms with Gasteiger partial charge in [-0.15, -0.1) is 0 Å². The highest BCUT2D eigenvalue weighted by Gasteiger charge is 2.69. The summed E-state index contributed by atoms with van der Waals surface area (Å²) in [6.45, 7) is 0.922. The first-order chi connectivity index (χ1) is 19.1. The summed E-state index contributed by atoms with van der Waals surface area (Å²) in [5.74, 6) is -3.67. The van der Waals surface area contributed by atoms with Crippen LogP contribution in [0.1, 0.15) is 55.6 Å². The fourth-order valence-electron chi connectivity index (χ4n) is 5.29. The fraction of sp³-hybridized carbons (Fsp3) is 0.444. The second kappa shape index (κ2) is 11.9. The first kappa shape index (κ1) is 28.9. The largest absolute Gasteiger partial charge is 0.716 e. The summed E-state index contributed by atoms with van der Waals surface area (Å²) < 4.78 is 15.9. The predicted octanol–water partition coefficient (Wildman–Crippen LogP) is 1.04. The Labute approximate surface area is 231 Å². The van der Waals surface area contributed by atoms with Gasteiger partial charge in [-0.2, -0.15) is 0 Å². The first-order valence-electron chi connectivity index (χ1n) is 13.2. The normalized spacial score (nSPS) is 23.1. The molecule has 0 aliphatic carbocycles. The van der Waals surface area contributed by atoms with Crippen LogP contribution in [0.25, 0.3) is 0 Å². The van der Waals surface area contributed by atoms with Crippen LogP contribution in [0.2, 0.25) is 5.82 Å². The molecular weight excluding hydrogens is 519 g/mol. The summed E-state index contributed by atoms with van der Waals surface area (Å²) in [6, 6.07) is 8.22. The van der Waals surface area contributed by atoms with E-state index >= 15 is 0 Å². The molecular formula is C27H33BN4O8. The number of benzene rings is 1. The van der Waals surface area contributed by atoms with Crippen LogP contribution in [0.3, 0.4) is 0 Å². The number of ketones is 1. The number of carboxylic acids is 1. The SMILES string of the molecule is CNC(=O)C[C@]12CC(=O)O[B-]([C@@H](CC(=O)[C@H](Cc3ccccc3)NC(=O)c3cnccn3)CC(C)C)(O1)[OH+]C2=O. The Balaban J connectivity index is 1.62. The minimum Gasteiger partial charge on any atom is -0.716 e. The minimum absolute atomic E-state index is 0.0132. The molecule has 2 amide bonds. The smallest absolute Gasteiger partial charge is 0.576 e. The number of carbonyl (C=O) groups is 5. The van der Waals surface area contributed by atoms with Crippen molar-refractivity contribution >= 4 is 36.3 Å². The molecule has 2 aliphatic rings. The van der Waals surface area contributed by atoms with E-state index in [4.69, 9.17) is 9.31 Å². The standard InChI is InChI=1S/C27H33BN4O8/c1-17(2)11-19(28-38-24(35)15-27(40-28,26(37)39-28)14-23(34)29-3)13-22(33)20(12-18-7-5-4-6-8-18)32-25(36)21-16-30-9-10-31-21/h4-10,16-17,19-20,39H,11-15H2,1-3H3,(H,29,34)(H,32,36)/t19-,20+,27-,28?/m1/s1. The molecule has 0 spiro atoms. The van der Waals surface area contributed by atoms with Crippen LogP contribution in [-0.4, -0.2) is 69.6 Å². The van der Waals surface area contributed by atoms with Crippen molar-refractivity contribution < 1.29 is 37.9 Å². The number of carbonyl (C=O) groups excluding carboxylic acids is 4. The first-order valence-corrected chi connectivity index (χ1v) is 13.2. The van der Waals surface area contributed by atoms with E-state index in [-0.39, 0.29) is 30.2 Å². The molecule has 212 valence electrons. The van der Waals surface area contributed by atoms with Gasteiger partial charge in [-0.05, 0) is 30.1 Å². The molecule has 2 fully saturated rings. The van der Waals surface area contributed by atoms with Crippen molar-refractivity contribution in [1.82, 2.24) is 20.6 Å². The van der Waals surface area contributed by atoms with Crippen LogP contribution in [-0.2, 0) is 34.9 Å². The van der Waals surface area contributed by atoms with Gasteiger partial charge in [0.1, 0.15) is 5.69 Å². The molecule has 4 atom stereocenters. The van der Waals surface area contributed by atoms with Gasteiger partial charge in [-0.25, -0.2) is 4.98 Å². The second-order valence-corrected chi connectivity index (χ2v) is 10.7. The number of nitrogens with one attached hydrogen (secondary N) is 2. The van der Waals surface area contributed by atoms with Crippen LogP contribution in [0, 0.1) is 5.92 Å². The molecule has 13 heteroatoms. The number of amides is 2. The van der Waals surface area contributed by atoms with Gasteiger partial charge in [0.2, 0.25) is 11.5 Å². The van der Waals surface area contributed by atoms with E-state index in [0.29, 0.717) is 6.42 Å². The van der Waals surface area contributed by atoms with Crippen LogP contribution >= 0.6 is 0 Å². The van der Waals surface area contributed by atoms with Crippen LogP contribution in [0.15, 0.2) is 48.9 Å². The lowest BCUT2D eigenvalue weighted by atomic mass is 9.57. The highest BCUT2D eigenvalue weighted by atomic mass is 16.8. The number of aromatic nitrogens is 2. The second-order valence-electron chi connectivity index (χ2n) is 10.7. The Kier molecular flexibility index (Phi) is 8.62. The van der Waals surface area contributed by atoms with Crippen LogP contribution in [0.5, 0.6) is 0 Å². The van der Waals surface area contributed by atoms with E-state index in [1.54, 1.807) is 0 Å². The molecule has 2 aliphatic heterocycles. The third-order valence-corrected chi connectivity index (χ3v) is 7.14. The van der Waals surface area contributed by atoms with E-state index in [9.17, 15) is 24.0 Å². The molecule has 0 radical (unpaired) electrons. The monoisotopic (exact) mass is 552 g/mol. The molecule has 4 rings (SSSR count). The fourth-order valence-corrected chi connectivity index (χ4v) is 5.29. The van der Waals surface area contributed by atoms with Crippen molar-refractivity contribution in [2.24, 2.45) is 5.92 Å². The number of hydrogen-bond donors (Lipinski definition) is 2. The van der Waals surface area contributed by atoms with E-state index in [1.165, 1.54) is 25.6 Å². The molecule has 12 nitrogen and oxygen atoms in total. The van der Waals surface area contributed by atoms with Crippen molar-refractivity contribution in [2.75, 3.05) is 7.05 Å². The molecule has 3 heterocycles. The van der Waals surface area contributed by atoms with Gasteiger partial charge in [-0.3, -0.25) is 24.2 Å². The van der Waals surface area contributed by atoms with Crippen LogP contribution < -0.4 is 10.6 Å². The number of rotatable bonds is 12. The summed E-state index contributed by atoms with van der Waals surface area (Å²) in [4.78, 5) is 72.7. The molecule has 2 bridgehead atoms. The predicted molar refractivity (Wildman–Crippen MR) is 142 cm³/mol. The van der Waals surface area contributed by atoms with Gasteiger partial charge in [0.05, 0.1) is 25.1 Å². The van der Waals surface area contributed by atoms with Gasteiger partial charge in [-0.1, -0.05) is 50.6 Å². The maximum Gasteiger partial charge on any atom is 0.576 e. The Hall–Kier alpha value is -4.13. The van der Waals surface area contributed by atoms with Gasteiger partial charge in [0.15, 0.2) is 5.78 Å². The van der Waals surface area contributed by atoms with E-state index < -0.39 is 60.8 Å². The van der Waals surface area contributed by atoms with Gasteiger partial charge < -0.3 is 24.6 Å². The summed E-state index contributed by atoms with van der Waals surface area (Å²) in [6.07, 6.45) is 3.60. The maximum absolute atomic E-state index is 13.9. The average Bonchev–Trinajstić information content (AvgIpc) is 3.13. The zero-order chi connectivity index (χ0) is 28.9. The lowest BCUT2D eigenvalue weighted by Gasteiger charge is -2.43. The van der Waals surface area contributed by atoms with Crippen molar-refractivity contribution in [3.8, 4) is 0 Å². The molecule has 2 saturated heterocycles. The average molecular weight is 552 g/mol. The van der Waals surface area contributed by atoms with E-state index in [2.05, 4.69) is 25.3 Å². The Bertz CT molecular complexity index is 1280. The zero-order valence-electron chi connectivity index (χ0n) is 22.7. The Morgan fingerprint density at radius 2 is 1.90 bits per heavy atom. The lowest BCUT2D eigenvalue weighted by molar-refractivity contribution is -0.158. The maximum atomic E-state index is 13.9. The van der Waals surface area contributed by atoms with E-state index in [0.717, 1.165) is 5.56 Å². The lowest BCUT2D eigenvalue weighted by Crippen LogP contribution is -2.57. The number of Topliss-reactive ketones (excluding diaryl/α,β-unsaturated/α-hetero) is 1. The summed E-state index contributed by atoms with van der Waals surface area (Å²) in [7, 11) is 1.41. The van der Waals surface area contributed by atoms with E-state index in [1.807, 2.05) is 44.2 Å². The topological polar surface area (TPSA) is 166 Å². The number of aliphatic carboxylic acids is 1. The number of hydrogen-bond acceptors (Lipinski definition) is 9.